The summed E-state index contributed by atoms with van der Waals surface area (Å²) < 4.78 is 18.0. The van der Waals surface area contributed by atoms with E-state index in [-0.39, 0.29) is 35.9 Å². The van der Waals surface area contributed by atoms with Gasteiger partial charge in [0.2, 0.25) is 11.8 Å². The molecular weight excluding hydrogens is 365 g/mol. The molecule has 28 heavy (non-hydrogen) atoms. The molecule has 1 heterocycles. The Hall–Kier alpha value is -2.48. The van der Waals surface area contributed by atoms with Crippen LogP contribution in [0.25, 0.3) is 0 Å². The number of benzene rings is 1. The van der Waals surface area contributed by atoms with Gasteiger partial charge < -0.3 is 20.3 Å². The average Bonchev–Trinajstić information content (AvgIpc) is 2.66. The number of rotatable bonds is 7. The van der Waals surface area contributed by atoms with Crippen LogP contribution in [-0.2, 0) is 14.3 Å². The van der Waals surface area contributed by atoms with Crippen LogP contribution in [0.1, 0.15) is 37.0 Å². The molecule has 0 spiro atoms. The maximum Gasteiger partial charge on any atom is 0.251 e. The van der Waals surface area contributed by atoms with Gasteiger partial charge >= 0.3 is 0 Å². The third kappa shape index (κ3) is 6.02. The molecule has 1 fully saturated rings. The fourth-order valence-electron chi connectivity index (χ4n) is 3.29. The highest BCUT2D eigenvalue weighted by molar-refractivity contribution is 5.97. The maximum absolute atomic E-state index is 13.1. The van der Waals surface area contributed by atoms with Gasteiger partial charge in [-0.25, -0.2) is 4.39 Å². The molecule has 0 aliphatic carbocycles. The van der Waals surface area contributed by atoms with E-state index in [0.717, 1.165) is 0 Å². The minimum Gasteiger partial charge on any atom is -0.375 e. The van der Waals surface area contributed by atoms with Crippen LogP contribution in [0.2, 0.25) is 0 Å². The molecule has 1 saturated heterocycles. The van der Waals surface area contributed by atoms with Crippen molar-refractivity contribution in [3.05, 3.63) is 35.6 Å². The second-order valence-corrected chi connectivity index (χ2v) is 7.27. The molecule has 0 radical (unpaired) electrons. The molecule has 0 bridgehead atoms. The van der Waals surface area contributed by atoms with Gasteiger partial charge in [-0.2, -0.15) is 0 Å². The highest BCUT2D eigenvalue weighted by atomic mass is 19.1. The number of methoxy groups -OCH3 is 1. The average molecular weight is 393 g/mol. The number of carbonyl (C=O) groups excluding carboxylic acids is 3. The second-order valence-electron chi connectivity index (χ2n) is 7.27. The molecule has 1 aromatic carbocycles. The van der Waals surface area contributed by atoms with Crippen LogP contribution in [0.4, 0.5) is 4.39 Å². The maximum atomic E-state index is 13.1. The van der Waals surface area contributed by atoms with Crippen molar-refractivity contribution in [1.29, 1.82) is 0 Å². The smallest absolute Gasteiger partial charge is 0.251 e. The number of hydrogen-bond acceptors (Lipinski definition) is 4. The summed E-state index contributed by atoms with van der Waals surface area (Å²) in [6.45, 7) is 4.74. The summed E-state index contributed by atoms with van der Waals surface area (Å²) in [4.78, 5) is 38.9. The summed E-state index contributed by atoms with van der Waals surface area (Å²) in [5, 5.41) is 5.64. The highest BCUT2D eigenvalue weighted by Crippen LogP contribution is 2.22. The van der Waals surface area contributed by atoms with E-state index < -0.39 is 17.8 Å². The Bertz CT molecular complexity index is 685. The minimum atomic E-state index is -0.723. The van der Waals surface area contributed by atoms with Gasteiger partial charge in [0.25, 0.3) is 5.91 Å². The van der Waals surface area contributed by atoms with Gasteiger partial charge in [-0.05, 0) is 56.9 Å². The lowest BCUT2D eigenvalue weighted by atomic mass is 9.88. The zero-order valence-electron chi connectivity index (χ0n) is 16.5. The molecule has 2 rings (SSSR count). The Balaban J connectivity index is 2.07. The molecule has 7 nitrogen and oxygen atoms in total. The Morgan fingerprint density at radius 3 is 2.29 bits per heavy atom. The molecule has 2 N–H and O–H groups in total. The van der Waals surface area contributed by atoms with Crippen LogP contribution in [-0.4, -0.2) is 61.5 Å². The van der Waals surface area contributed by atoms with Crippen molar-refractivity contribution < 1.29 is 23.5 Å². The van der Waals surface area contributed by atoms with Gasteiger partial charge in [-0.15, -0.1) is 0 Å². The fourth-order valence-corrected chi connectivity index (χ4v) is 3.29. The van der Waals surface area contributed by atoms with E-state index in [1.807, 2.05) is 13.8 Å². The van der Waals surface area contributed by atoms with E-state index in [1.54, 1.807) is 4.90 Å². The van der Waals surface area contributed by atoms with Gasteiger partial charge in [-0.1, -0.05) is 0 Å². The normalized spacial score (nSPS) is 16.0. The van der Waals surface area contributed by atoms with Crippen molar-refractivity contribution in [3.63, 3.8) is 0 Å². The van der Waals surface area contributed by atoms with Crippen LogP contribution in [0, 0.1) is 11.7 Å². The number of halogens is 1. The third-order valence-corrected chi connectivity index (χ3v) is 4.74. The van der Waals surface area contributed by atoms with Crippen LogP contribution >= 0.6 is 0 Å². The Labute approximate surface area is 164 Å². The van der Waals surface area contributed by atoms with Gasteiger partial charge in [0.1, 0.15) is 18.5 Å². The standard InChI is InChI=1S/C20H28FN3O4/c1-13(2)22-20(27)18(23-19(26)15-4-6-16(21)7-5-15)14-8-10-24(11-9-14)17(25)12-28-3/h4-7,13-14,18H,8-12H2,1-3H3,(H,22,27)(H,23,26)/t18-/m0/s1. The van der Waals surface area contributed by atoms with Crippen LogP contribution in [0.3, 0.4) is 0 Å². The van der Waals surface area contributed by atoms with E-state index in [9.17, 15) is 18.8 Å². The molecule has 1 atom stereocenters. The first-order valence-electron chi connectivity index (χ1n) is 9.45. The topological polar surface area (TPSA) is 87.7 Å². The molecule has 1 aromatic rings. The van der Waals surface area contributed by atoms with Gasteiger partial charge in [0.05, 0.1) is 0 Å². The number of nitrogens with one attached hydrogen (secondary N) is 2. The predicted octanol–water partition coefficient (Wildman–Crippen LogP) is 1.33. The highest BCUT2D eigenvalue weighted by Gasteiger charge is 2.34. The largest absolute Gasteiger partial charge is 0.375 e. The first kappa shape index (κ1) is 21.8. The Morgan fingerprint density at radius 1 is 1.14 bits per heavy atom. The fraction of sp³-hybridized carbons (Fsp3) is 0.550. The van der Waals surface area contributed by atoms with E-state index in [1.165, 1.54) is 31.4 Å². The molecule has 154 valence electrons. The summed E-state index contributed by atoms with van der Waals surface area (Å²) in [5.41, 5.74) is 0.288. The molecule has 0 unspecified atom stereocenters. The number of ether oxygens (including phenoxy) is 1. The number of nitrogens with zero attached hydrogens (tertiary/aromatic N) is 1. The molecule has 0 saturated carbocycles. The van der Waals surface area contributed by atoms with Gasteiger partial charge in [-0.3, -0.25) is 14.4 Å². The summed E-state index contributed by atoms with van der Waals surface area (Å²) in [5.74, 6) is -1.30. The van der Waals surface area contributed by atoms with E-state index in [0.29, 0.717) is 25.9 Å². The van der Waals surface area contributed by atoms with Crippen LogP contribution < -0.4 is 10.6 Å². The van der Waals surface area contributed by atoms with Crippen LogP contribution in [0.15, 0.2) is 24.3 Å². The molecule has 8 heteroatoms. The quantitative estimate of drug-likeness (QED) is 0.732. The SMILES string of the molecule is COCC(=O)N1CCC([C@H](NC(=O)c2ccc(F)cc2)C(=O)NC(C)C)CC1. The lowest BCUT2D eigenvalue weighted by Gasteiger charge is -2.36. The van der Waals surface area contributed by atoms with E-state index >= 15 is 0 Å². The van der Waals surface area contributed by atoms with E-state index in [2.05, 4.69) is 10.6 Å². The second kappa shape index (κ2) is 10.2. The van der Waals surface area contributed by atoms with Crippen molar-refractivity contribution in [2.24, 2.45) is 5.92 Å². The van der Waals surface area contributed by atoms with E-state index in [4.69, 9.17) is 4.74 Å². The van der Waals surface area contributed by atoms with Crippen molar-refractivity contribution in [1.82, 2.24) is 15.5 Å². The summed E-state index contributed by atoms with van der Waals surface area (Å²) in [6, 6.07) is 4.39. The third-order valence-electron chi connectivity index (χ3n) is 4.74. The molecular formula is C20H28FN3O4. The lowest BCUT2D eigenvalue weighted by molar-refractivity contribution is -0.136. The molecule has 1 aliphatic rings. The first-order valence-corrected chi connectivity index (χ1v) is 9.45. The van der Waals surface area contributed by atoms with Gasteiger partial charge in [0.15, 0.2) is 0 Å². The lowest BCUT2D eigenvalue weighted by Crippen LogP contribution is -2.55. The number of likely N-dealkylation sites (tertiary alicyclic amines) is 1. The summed E-state index contributed by atoms with van der Waals surface area (Å²) in [7, 11) is 1.47. The molecule has 1 aliphatic heterocycles. The monoisotopic (exact) mass is 393 g/mol. The number of carbonyl (C=O) groups is 3. The molecule has 0 aromatic heterocycles. The van der Waals surface area contributed by atoms with Crippen molar-refractivity contribution in [2.75, 3.05) is 26.8 Å². The Morgan fingerprint density at radius 2 is 1.75 bits per heavy atom. The van der Waals surface area contributed by atoms with Crippen LogP contribution in [0.5, 0.6) is 0 Å². The number of hydrogen-bond donors (Lipinski definition) is 2. The number of piperidine rings is 1. The zero-order valence-corrected chi connectivity index (χ0v) is 16.5. The van der Waals surface area contributed by atoms with Crippen molar-refractivity contribution in [2.45, 2.75) is 38.8 Å². The molecule has 3 amide bonds. The summed E-state index contributed by atoms with van der Waals surface area (Å²) >= 11 is 0. The predicted molar refractivity (Wildman–Crippen MR) is 102 cm³/mol. The first-order chi connectivity index (χ1) is 13.3. The zero-order chi connectivity index (χ0) is 20.7. The Kier molecular flexibility index (Phi) is 7.92. The minimum absolute atomic E-state index is 0.0310. The van der Waals surface area contributed by atoms with Crippen molar-refractivity contribution in [3.8, 4) is 0 Å². The van der Waals surface area contributed by atoms with Gasteiger partial charge in [0, 0.05) is 31.8 Å². The summed E-state index contributed by atoms with van der Waals surface area (Å²) in [6.07, 6.45) is 1.19. The number of amides is 3. The van der Waals surface area contributed by atoms with Crippen molar-refractivity contribution >= 4 is 17.7 Å².